The van der Waals surface area contributed by atoms with Crippen molar-refractivity contribution in [3.63, 3.8) is 0 Å². The van der Waals surface area contributed by atoms with E-state index in [1.807, 2.05) is 71.6 Å². The number of hydrogen-bond donors (Lipinski definition) is 3. The van der Waals surface area contributed by atoms with Crippen molar-refractivity contribution in [3.8, 4) is 28.4 Å². The summed E-state index contributed by atoms with van der Waals surface area (Å²) in [5.74, 6) is -1.69. The number of benzene rings is 3. The Morgan fingerprint density at radius 2 is 1.39 bits per heavy atom. The van der Waals surface area contributed by atoms with Crippen molar-refractivity contribution in [2.75, 3.05) is 45.9 Å². The van der Waals surface area contributed by atoms with Crippen LogP contribution in [0.15, 0.2) is 78.9 Å². The number of nitrogens with zero attached hydrogens (tertiary/aromatic N) is 2. The minimum atomic E-state index is -1.82. The largest absolute Gasteiger partial charge is 0.491 e. The highest BCUT2D eigenvalue weighted by molar-refractivity contribution is 6.27. The number of carboxylic acids is 2. The second-order valence-electron chi connectivity index (χ2n) is 9.46. The lowest BCUT2D eigenvalue weighted by Gasteiger charge is -2.37. The van der Waals surface area contributed by atoms with E-state index in [0.29, 0.717) is 44.2 Å². The molecule has 0 radical (unpaired) electrons. The first kappa shape index (κ1) is 29.4. The predicted octanol–water partition coefficient (Wildman–Crippen LogP) is 2.23. The third-order valence-electron chi connectivity index (χ3n) is 6.52. The van der Waals surface area contributed by atoms with Crippen LogP contribution in [0.25, 0.3) is 11.1 Å². The summed E-state index contributed by atoms with van der Waals surface area (Å²) in [7, 11) is 0. The van der Waals surface area contributed by atoms with Gasteiger partial charge in [0.05, 0.1) is 0 Å². The zero-order chi connectivity index (χ0) is 29.2. The molecule has 3 aromatic rings. The number of amides is 1. The van der Waals surface area contributed by atoms with Gasteiger partial charge < -0.3 is 34.4 Å². The van der Waals surface area contributed by atoms with Crippen LogP contribution in [0, 0.1) is 0 Å². The summed E-state index contributed by atoms with van der Waals surface area (Å²) in [5.41, 5.74) is 2.28. The van der Waals surface area contributed by atoms with Crippen LogP contribution in [0.4, 0.5) is 0 Å². The first-order chi connectivity index (χ1) is 19.8. The lowest BCUT2D eigenvalue weighted by atomic mass is 10.1. The van der Waals surface area contributed by atoms with Gasteiger partial charge in [-0.25, -0.2) is 9.59 Å². The molecule has 0 aromatic heterocycles. The average Bonchev–Trinajstić information content (AvgIpc) is 3.01. The fraction of sp³-hybridized carbons (Fsp3) is 0.300. The predicted molar refractivity (Wildman–Crippen MR) is 148 cm³/mol. The summed E-state index contributed by atoms with van der Waals surface area (Å²) in [6, 6.07) is 25.5. The molecule has 2 atom stereocenters. The van der Waals surface area contributed by atoms with E-state index in [4.69, 9.17) is 34.0 Å². The molecule has 0 aliphatic carbocycles. The van der Waals surface area contributed by atoms with Gasteiger partial charge in [0.1, 0.15) is 25.1 Å². The molecule has 0 spiro atoms. The van der Waals surface area contributed by atoms with Gasteiger partial charge >= 0.3 is 11.9 Å². The molecule has 0 saturated carbocycles. The number of carbonyl (C=O) groups is 3. The van der Waals surface area contributed by atoms with Gasteiger partial charge in [0.2, 0.25) is 6.10 Å². The Bertz CT molecular complexity index is 1300. The molecule has 5 rings (SSSR count). The van der Waals surface area contributed by atoms with E-state index in [0.717, 1.165) is 16.9 Å². The number of carboxylic acid groups (broad SMARTS) is 2. The van der Waals surface area contributed by atoms with E-state index < -0.39 is 24.1 Å². The summed E-state index contributed by atoms with van der Waals surface area (Å²) in [6.07, 6.45) is -1.23. The Labute approximate surface area is 237 Å². The Morgan fingerprint density at radius 3 is 2.02 bits per heavy atom. The van der Waals surface area contributed by atoms with E-state index in [9.17, 15) is 9.90 Å². The number of fused-ring (bicyclic) bond motifs is 1. The number of aliphatic carboxylic acids is 2. The van der Waals surface area contributed by atoms with Gasteiger partial charge in [0, 0.05) is 32.7 Å². The average molecular weight is 565 g/mol. The van der Waals surface area contributed by atoms with Gasteiger partial charge in [-0.05, 0) is 35.4 Å². The number of ether oxygens (including phenoxy) is 3. The molecule has 3 N–H and O–H groups in total. The second kappa shape index (κ2) is 14.1. The maximum absolute atomic E-state index is 12.9. The number of hydrogen-bond acceptors (Lipinski definition) is 8. The van der Waals surface area contributed by atoms with E-state index in [1.54, 1.807) is 0 Å². The summed E-state index contributed by atoms with van der Waals surface area (Å²) >= 11 is 0. The molecule has 1 amide bonds. The fourth-order valence-electron chi connectivity index (χ4n) is 4.41. The van der Waals surface area contributed by atoms with Crippen molar-refractivity contribution in [2.45, 2.75) is 12.2 Å². The second-order valence-corrected chi connectivity index (χ2v) is 9.46. The van der Waals surface area contributed by atoms with Crippen molar-refractivity contribution in [1.29, 1.82) is 0 Å². The standard InChI is InChI=1S/C28H30N2O5.C2H2O4/c31-23(19-33-24-12-10-22(11-13-24)21-6-2-1-3-7-21)18-29-14-16-30(17-15-29)28(32)27-20-34-25-8-4-5-9-26(25)35-27;3-1(4)2(5)6/h1-13,23,27,31H,14-20H2;(H,3,4)(H,5,6). The van der Waals surface area contributed by atoms with E-state index in [1.165, 1.54) is 0 Å². The van der Waals surface area contributed by atoms with E-state index >= 15 is 0 Å². The van der Waals surface area contributed by atoms with Crippen LogP contribution in [0.2, 0.25) is 0 Å². The number of piperazine rings is 1. The SMILES string of the molecule is O=C(C1COc2ccccc2O1)N1CCN(CC(O)COc2ccc(-c3ccccc3)cc2)CC1.O=C(O)C(=O)O. The maximum atomic E-state index is 12.9. The Balaban J connectivity index is 0.000000585. The molecule has 2 unspecified atom stereocenters. The van der Waals surface area contributed by atoms with Gasteiger partial charge in [-0.3, -0.25) is 9.69 Å². The van der Waals surface area contributed by atoms with Crippen molar-refractivity contribution >= 4 is 17.8 Å². The number of rotatable bonds is 7. The highest BCUT2D eigenvalue weighted by Crippen LogP contribution is 2.31. The van der Waals surface area contributed by atoms with Crippen LogP contribution in [-0.2, 0) is 14.4 Å². The minimum absolute atomic E-state index is 0.0537. The molecule has 1 fully saturated rings. The van der Waals surface area contributed by atoms with Crippen LogP contribution >= 0.6 is 0 Å². The quantitative estimate of drug-likeness (QED) is 0.365. The normalized spacial score (nSPS) is 17.0. The summed E-state index contributed by atoms with van der Waals surface area (Å²) in [6.45, 7) is 3.51. The van der Waals surface area contributed by atoms with Gasteiger partial charge in [0.25, 0.3) is 5.91 Å². The molecular weight excluding hydrogens is 532 g/mol. The first-order valence-electron chi connectivity index (χ1n) is 13.1. The first-order valence-corrected chi connectivity index (χ1v) is 13.1. The Morgan fingerprint density at radius 1 is 0.805 bits per heavy atom. The molecule has 3 aromatic carbocycles. The van der Waals surface area contributed by atoms with Gasteiger partial charge in [-0.1, -0.05) is 54.6 Å². The molecule has 11 nitrogen and oxygen atoms in total. The number of para-hydroxylation sites is 2. The van der Waals surface area contributed by atoms with Crippen LogP contribution in [-0.4, -0.2) is 101 Å². The van der Waals surface area contributed by atoms with Crippen LogP contribution < -0.4 is 14.2 Å². The van der Waals surface area contributed by atoms with Crippen LogP contribution in [0.3, 0.4) is 0 Å². The fourth-order valence-corrected chi connectivity index (χ4v) is 4.41. The summed E-state index contributed by atoms with van der Waals surface area (Å²) in [4.78, 5) is 35.1. The number of carbonyl (C=O) groups excluding carboxylic acids is 1. The molecule has 11 heteroatoms. The number of β-amino-alcohol motifs (C(OH)–C–C–N with tert-alkyl or cyclic N) is 1. The summed E-state index contributed by atoms with van der Waals surface area (Å²) < 4.78 is 17.3. The van der Waals surface area contributed by atoms with E-state index in [-0.39, 0.29) is 19.1 Å². The molecule has 2 aliphatic heterocycles. The Hall–Kier alpha value is -4.61. The van der Waals surface area contributed by atoms with Crippen molar-refractivity contribution in [1.82, 2.24) is 9.80 Å². The monoisotopic (exact) mass is 564 g/mol. The topological polar surface area (TPSA) is 146 Å². The Kier molecular flexibility index (Phi) is 10.1. The molecule has 0 bridgehead atoms. The van der Waals surface area contributed by atoms with Crippen LogP contribution in [0.1, 0.15) is 0 Å². The zero-order valence-electron chi connectivity index (χ0n) is 22.3. The zero-order valence-corrected chi connectivity index (χ0v) is 22.3. The molecular formula is C30H32N2O9. The van der Waals surface area contributed by atoms with Crippen molar-refractivity contribution in [3.05, 3.63) is 78.9 Å². The van der Waals surface area contributed by atoms with Gasteiger partial charge in [-0.15, -0.1) is 0 Å². The molecule has 2 heterocycles. The van der Waals surface area contributed by atoms with Crippen molar-refractivity contribution < 1.29 is 43.9 Å². The molecule has 41 heavy (non-hydrogen) atoms. The highest BCUT2D eigenvalue weighted by atomic mass is 16.6. The highest BCUT2D eigenvalue weighted by Gasteiger charge is 2.33. The van der Waals surface area contributed by atoms with Crippen LogP contribution in [0.5, 0.6) is 17.2 Å². The lowest BCUT2D eigenvalue weighted by Crippen LogP contribution is -2.55. The smallest absolute Gasteiger partial charge is 0.414 e. The molecule has 2 aliphatic rings. The summed E-state index contributed by atoms with van der Waals surface area (Å²) in [5, 5.41) is 25.3. The third kappa shape index (κ3) is 8.44. The van der Waals surface area contributed by atoms with Gasteiger partial charge in [0.15, 0.2) is 11.5 Å². The third-order valence-corrected chi connectivity index (χ3v) is 6.52. The maximum Gasteiger partial charge on any atom is 0.414 e. The number of aliphatic hydroxyl groups excluding tert-OH is 1. The van der Waals surface area contributed by atoms with E-state index in [2.05, 4.69) is 17.0 Å². The lowest BCUT2D eigenvalue weighted by molar-refractivity contribution is -0.159. The molecule has 216 valence electrons. The van der Waals surface area contributed by atoms with Crippen molar-refractivity contribution in [2.24, 2.45) is 0 Å². The van der Waals surface area contributed by atoms with Gasteiger partial charge in [-0.2, -0.15) is 0 Å². The number of aliphatic hydroxyl groups is 1. The molecule has 1 saturated heterocycles. The minimum Gasteiger partial charge on any atom is -0.491 e.